The first-order valence-electron chi connectivity index (χ1n) is 5.86. The Morgan fingerprint density at radius 3 is 3.00 bits per heavy atom. The molecule has 1 spiro atoms. The van der Waals surface area contributed by atoms with E-state index in [1.54, 1.807) is 6.07 Å². The van der Waals surface area contributed by atoms with E-state index in [0.29, 0.717) is 23.0 Å². The Balaban J connectivity index is 1.96. The van der Waals surface area contributed by atoms with Gasteiger partial charge >= 0.3 is 0 Å². The van der Waals surface area contributed by atoms with E-state index in [1.807, 2.05) is 11.8 Å². The van der Waals surface area contributed by atoms with Crippen LogP contribution in [0.15, 0.2) is 18.2 Å². The second kappa shape index (κ2) is 3.89. The van der Waals surface area contributed by atoms with E-state index >= 15 is 0 Å². The largest absolute Gasteiger partial charge is 0.486 e. The zero-order valence-corrected chi connectivity index (χ0v) is 10.5. The number of hydrogen-bond donors (Lipinski definition) is 1. The Labute approximate surface area is 104 Å². The Kier molecular flexibility index (Phi) is 2.60. The fourth-order valence-electron chi connectivity index (χ4n) is 2.76. The van der Waals surface area contributed by atoms with E-state index in [9.17, 15) is 9.50 Å². The zero-order chi connectivity index (χ0) is 12.0. The molecule has 1 aromatic carbocycles. The number of aliphatic hydroxyl groups is 1. The van der Waals surface area contributed by atoms with Crippen molar-refractivity contribution in [3.8, 4) is 5.75 Å². The summed E-state index contributed by atoms with van der Waals surface area (Å²) < 4.78 is 19.2. The van der Waals surface area contributed by atoms with Gasteiger partial charge in [-0.2, -0.15) is 11.8 Å². The van der Waals surface area contributed by atoms with Crippen LogP contribution in [-0.4, -0.2) is 21.7 Å². The molecule has 0 aliphatic carbocycles. The first-order chi connectivity index (χ1) is 8.08. The maximum absolute atomic E-state index is 13.1. The number of rotatable bonds is 0. The Bertz CT molecular complexity index is 451. The minimum absolute atomic E-state index is 0.256. The van der Waals surface area contributed by atoms with E-state index < -0.39 is 6.10 Å². The van der Waals surface area contributed by atoms with E-state index in [4.69, 9.17) is 4.74 Å². The summed E-state index contributed by atoms with van der Waals surface area (Å²) in [5, 5.41) is 10.7. The van der Waals surface area contributed by atoms with Gasteiger partial charge in [0.05, 0.1) is 6.10 Å². The summed E-state index contributed by atoms with van der Waals surface area (Å²) in [4.78, 5) is 0. The Morgan fingerprint density at radius 2 is 2.29 bits per heavy atom. The number of thioether (sulfide) groups is 1. The number of hydrogen-bond acceptors (Lipinski definition) is 3. The molecule has 4 heteroatoms. The molecule has 2 aliphatic heterocycles. The lowest BCUT2D eigenvalue weighted by molar-refractivity contribution is 0.00125. The van der Waals surface area contributed by atoms with Gasteiger partial charge in [0, 0.05) is 23.0 Å². The fourth-order valence-corrected chi connectivity index (χ4v) is 4.06. The SMILES string of the molecule is CC1CC2(CS1)C[C@H](O)c1cc(F)ccc1O2. The highest BCUT2D eigenvalue weighted by Gasteiger charge is 2.45. The van der Waals surface area contributed by atoms with Crippen molar-refractivity contribution in [3.63, 3.8) is 0 Å². The molecular formula is C13H15FO2S. The third-order valence-electron chi connectivity index (χ3n) is 3.51. The number of benzene rings is 1. The average molecular weight is 254 g/mol. The molecule has 17 heavy (non-hydrogen) atoms. The molecule has 0 amide bonds. The fraction of sp³-hybridized carbons (Fsp3) is 0.538. The predicted molar refractivity (Wildman–Crippen MR) is 65.9 cm³/mol. The smallest absolute Gasteiger partial charge is 0.126 e. The molecule has 3 rings (SSSR count). The van der Waals surface area contributed by atoms with Crippen molar-refractivity contribution in [1.82, 2.24) is 0 Å². The van der Waals surface area contributed by atoms with Crippen LogP contribution in [0.3, 0.4) is 0 Å². The van der Waals surface area contributed by atoms with Gasteiger partial charge in [0.2, 0.25) is 0 Å². The van der Waals surface area contributed by atoms with E-state index in [0.717, 1.165) is 12.2 Å². The van der Waals surface area contributed by atoms with Crippen LogP contribution in [0.4, 0.5) is 4.39 Å². The zero-order valence-electron chi connectivity index (χ0n) is 9.65. The molecule has 0 aromatic heterocycles. The first kappa shape index (κ1) is 11.4. The van der Waals surface area contributed by atoms with Crippen molar-refractivity contribution in [2.75, 3.05) is 5.75 Å². The summed E-state index contributed by atoms with van der Waals surface area (Å²) in [6.07, 6.45) is 0.909. The third-order valence-corrected chi connectivity index (χ3v) is 4.94. The molecular weight excluding hydrogens is 239 g/mol. The lowest BCUT2D eigenvalue weighted by Gasteiger charge is -2.37. The van der Waals surface area contributed by atoms with Gasteiger partial charge in [0.15, 0.2) is 0 Å². The molecule has 1 N–H and O–H groups in total. The molecule has 0 bridgehead atoms. The molecule has 0 radical (unpaired) electrons. The molecule has 1 saturated heterocycles. The van der Waals surface area contributed by atoms with E-state index in [2.05, 4.69) is 6.92 Å². The van der Waals surface area contributed by atoms with Crippen molar-refractivity contribution in [1.29, 1.82) is 0 Å². The minimum Gasteiger partial charge on any atom is -0.486 e. The quantitative estimate of drug-likeness (QED) is 0.772. The van der Waals surface area contributed by atoms with Crippen molar-refractivity contribution >= 4 is 11.8 Å². The first-order valence-corrected chi connectivity index (χ1v) is 6.91. The van der Waals surface area contributed by atoms with Crippen LogP contribution in [0.2, 0.25) is 0 Å². The second-order valence-corrected chi connectivity index (χ2v) is 6.44. The summed E-state index contributed by atoms with van der Waals surface area (Å²) in [6.45, 7) is 2.18. The minimum atomic E-state index is -0.611. The topological polar surface area (TPSA) is 29.5 Å². The molecule has 2 aliphatic rings. The maximum Gasteiger partial charge on any atom is 0.126 e. The molecule has 2 nitrogen and oxygen atoms in total. The molecule has 1 aromatic rings. The highest BCUT2D eigenvalue weighted by atomic mass is 32.2. The van der Waals surface area contributed by atoms with Gasteiger partial charge < -0.3 is 9.84 Å². The molecule has 0 saturated carbocycles. The highest BCUT2D eigenvalue weighted by Crippen LogP contribution is 2.48. The van der Waals surface area contributed by atoms with Crippen LogP contribution >= 0.6 is 11.8 Å². The normalized spacial score (nSPS) is 35.7. The number of fused-ring (bicyclic) bond motifs is 1. The second-order valence-electron chi connectivity index (χ2n) is 5.01. The van der Waals surface area contributed by atoms with Gasteiger partial charge in [0.25, 0.3) is 0 Å². The summed E-state index contributed by atoms with van der Waals surface area (Å²) >= 11 is 1.87. The summed E-state index contributed by atoms with van der Waals surface area (Å²) in [7, 11) is 0. The third kappa shape index (κ3) is 1.93. The highest BCUT2D eigenvalue weighted by molar-refractivity contribution is 8.00. The standard InChI is InChI=1S/C13H15FO2S/c1-8-5-13(7-17-8)6-11(15)10-4-9(14)2-3-12(10)16-13/h2-4,8,11,15H,5-7H2,1H3/t8?,11-,13?/m0/s1. The molecule has 2 heterocycles. The lowest BCUT2D eigenvalue weighted by Crippen LogP contribution is -2.41. The van der Waals surface area contributed by atoms with Crippen LogP contribution in [-0.2, 0) is 0 Å². The van der Waals surface area contributed by atoms with E-state index in [1.165, 1.54) is 12.1 Å². The number of ether oxygens (including phenoxy) is 1. The molecule has 1 fully saturated rings. The van der Waals surface area contributed by atoms with Crippen LogP contribution in [0.1, 0.15) is 31.4 Å². The predicted octanol–water partition coefficient (Wildman–Crippen LogP) is 2.91. The number of aliphatic hydroxyl groups excluding tert-OH is 1. The Morgan fingerprint density at radius 1 is 1.47 bits per heavy atom. The van der Waals surface area contributed by atoms with Crippen molar-refractivity contribution in [2.45, 2.75) is 36.7 Å². The molecule has 92 valence electrons. The monoisotopic (exact) mass is 254 g/mol. The van der Waals surface area contributed by atoms with Gasteiger partial charge in [-0.3, -0.25) is 0 Å². The van der Waals surface area contributed by atoms with Gasteiger partial charge in [-0.05, 0) is 24.6 Å². The van der Waals surface area contributed by atoms with Gasteiger partial charge in [-0.25, -0.2) is 4.39 Å². The van der Waals surface area contributed by atoms with Gasteiger partial charge in [-0.15, -0.1) is 0 Å². The summed E-state index contributed by atoms with van der Waals surface area (Å²) in [6, 6.07) is 4.39. The maximum atomic E-state index is 13.1. The lowest BCUT2D eigenvalue weighted by atomic mass is 9.87. The van der Waals surface area contributed by atoms with Crippen LogP contribution in [0, 0.1) is 5.82 Å². The van der Waals surface area contributed by atoms with Crippen LogP contribution < -0.4 is 4.74 Å². The van der Waals surface area contributed by atoms with Gasteiger partial charge in [0.1, 0.15) is 17.2 Å². The van der Waals surface area contributed by atoms with Crippen molar-refractivity contribution < 1.29 is 14.2 Å². The summed E-state index contributed by atoms with van der Waals surface area (Å²) in [5.74, 6) is 1.22. The van der Waals surface area contributed by atoms with E-state index in [-0.39, 0.29) is 11.4 Å². The average Bonchev–Trinajstić information content (AvgIpc) is 2.61. The number of halogens is 1. The van der Waals surface area contributed by atoms with Crippen molar-refractivity contribution in [3.05, 3.63) is 29.6 Å². The Hall–Kier alpha value is -0.740. The molecule has 3 atom stereocenters. The van der Waals surface area contributed by atoms with Gasteiger partial charge in [-0.1, -0.05) is 6.92 Å². The van der Waals surface area contributed by atoms with Crippen LogP contribution in [0.5, 0.6) is 5.75 Å². The molecule has 2 unspecified atom stereocenters. The van der Waals surface area contributed by atoms with Crippen molar-refractivity contribution in [2.24, 2.45) is 0 Å². The summed E-state index contributed by atoms with van der Waals surface area (Å²) in [5.41, 5.74) is 0.328. The van der Waals surface area contributed by atoms with Crippen LogP contribution in [0.25, 0.3) is 0 Å².